The summed E-state index contributed by atoms with van der Waals surface area (Å²) in [4.78, 5) is 27.3. The van der Waals surface area contributed by atoms with Gasteiger partial charge in [0.1, 0.15) is 11.6 Å². The average Bonchev–Trinajstić information content (AvgIpc) is 3.05. The second-order valence-corrected chi connectivity index (χ2v) is 9.32. The molecule has 2 N–H and O–H groups in total. The summed E-state index contributed by atoms with van der Waals surface area (Å²) in [6.45, 7) is 0. The van der Waals surface area contributed by atoms with Crippen molar-refractivity contribution in [3.63, 3.8) is 0 Å². The molecule has 0 atom stereocenters. The van der Waals surface area contributed by atoms with Crippen molar-refractivity contribution >= 4 is 73.5 Å². The Morgan fingerprint density at radius 3 is 2.62 bits per heavy atom. The van der Waals surface area contributed by atoms with E-state index in [1.807, 2.05) is 0 Å². The molecule has 1 heterocycles. The van der Waals surface area contributed by atoms with E-state index < -0.39 is 11.7 Å². The highest BCUT2D eigenvalue weighted by atomic mass is 79.9. The first-order valence-corrected chi connectivity index (χ1v) is 11.3. The molecule has 5 nitrogen and oxygen atoms in total. The van der Waals surface area contributed by atoms with Crippen molar-refractivity contribution in [3.8, 4) is 5.75 Å². The minimum atomic E-state index is -0.404. The predicted molar refractivity (Wildman–Crippen MR) is 132 cm³/mol. The lowest BCUT2D eigenvalue weighted by atomic mass is 10.1. The van der Waals surface area contributed by atoms with Crippen LogP contribution in [0.2, 0.25) is 0 Å². The summed E-state index contributed by atoms with van der Waals surface area (Å²) in [5, 5.41) is 12.8. The number of nitrogens with one attached hydrogen (secondary N) is 1. The smallest absolute Gasteiger partial charge is 0.270 e. The largest absolute Gasteiger partial charge is 0.507 e. The molecule has 9 heteroatoms. The minimum Gasteiger partial charge on any atom is -0.507 e. The Hall–Kier alpha value is -3.01. The Balaban J connectivity index is 1.58. The highest BCUT2D eigenvalue weighted by Crippen LogP contribution is 2.37. The second kappa shape index (κ2) is 9.23. The summed E-state index contributed by atoms with van der Waals surface area (Å²) in [7, 11) is 0. The number of aromatic hydroxyl groups is 1. The summed E-state index contributed by atoms with van der Waals surface area (Å²) in [5.74, 6) is -1.12. The summed E-state index contributed by atoms with van der Waals surface area (Å²) < 4.78 is 14.1. The maximum absolute atomic E-state index is 13.1. The fourth-order valence-corrected chi connectivity index (χ4v) is 4.66. The molecule has 0 saturated carbocycles. The topological polar surface area (TPSA) is 69.6 Å². The van der Waals surface area contributed by atoms with Crippen LogP contribution in [-0.2, 0) is 4.79 Å². The van der Waals surface area contributed by atoms with E-state index in [0.717, 1.165) is 16.2 Å². The van der Waals surface area contributed by atoms with Crippen LogP contribution in [0.1, 0.15) is 15.9 Å². The molecule has 160 valence electrons. The van der Waals surface area contributed by atoms with Gasteiger partial charge in [0.25, 0.3) is 11.8 Å². The van der Waals surface area contributed by atoms with E-state index >= 15 is 0 Å². The van der Waals surface area contributed by atoms with Crippen LogP contribution in [0.15, 0.2) is 76.1 Å². The first-order chi connectivity index (χ1) is 15.3. The van der Waals surface area contributed by atoms with Gasteiger partial charge in [-0.15, -0.1) is 0 Å². The normalized spacial score (nSPS) is 14.8. The van der Waals surface area contributed by atoms with Crippen molar-refractivity contribution in [1.29, 1.82) is 0 Å². The van der Waals surface area contributed by atoms with Crippen molar-refractivity contribution < 1.29 is 19.1 Å². The first kappa shape index (κ1) is 22.2. The molecule has 32 heavy (non-hydrogen) atoms. The van der Waals surface area contributed by atoms with E-state index in [1.165, 1.54) is 35.2 Å². The van der Waals surface area contributed by atoms with Crippen LogP contribution in [0.4, 0.5) is 15.8 Å². The molecule has 1 fully saturated rings. The maximum atomic E-state index is 13.1. The zero-order valence-corrected chi connectivity index (χ0v) is 19.4. The predicted octanol–water partition coefficient (Wildman–Crippen LogP) is 5.95. The number of halogens is 2. The third kappa shape index (κ3) is 4.74. The summed E-state index contributed by atoms with van der Waals surface area (Å²) >= 11 is 9.85. The van der Waals surface area contributed by atoms with E-state index in [9.17, 15) is 19.1 Å². The highest BCUT2D eigenvalue weighted by molar-refractivity contribution is 9.10. The van der Waals surface area contributed by atoms with Gasteiger partial charge < -0.3 is 10.4 Å². The summed E-state index contributed by atoms with van der Waals surface area (Å²) in [5.41, 5.74) is 1.69. The number of hydrogen-bond donors (Lipinski definition) is 2. The molecule has 0 radical (unpaired) electrons. The van der Waals surface area contributed by atoms with Crippen LogP contribution in [-0.4, -0.2) is 21.2 Å². The lowest BCUT2D eigenvalue weighted by Gasteiger charge is -2.15. The van der Waals surface area contributed by atoms with Gasteiger partial charge in [0.05, 0.1) is 10.6 Å². The number of carbonyl (C=O) groups is 2. The van der Waals surface area contributed by atoms with Gasteiger partial charge in [0.2, 0.25) is 0 Å². The lowest BCUT2D eigenvalue weighted by Crippen LogP contribution is -2.27. The van der Waals surface area contributed by atoms with Crippen LogP contribution in [0.25, 0.3) is 6.08 Å². The molecule has 3 aromatic rings. The van der Waals surface area contributed by atoms with Crippen molar-refractivity contribution in [2.75, 3.05) is 10.2 Å². The number of anilines is 2. The Kier molecular flexibility index (Phi) is 6.40. The van der Waals surface area contributed by atoms with E-state index in [2.05, 4.69) is 21.2 Å². The Morgan fingerprint density at radius 2 is 1.88 bits per heavy atom. The number of hydrogen-bond acceptors (Lipinski definition) is 5. The average molecular weight is 529 g/mol. The Bertz CT molecular complexity index is 1280. The van der Waals surface area contributed by atoms with Crippen LogP contribution < -0.4 is 10.2 Å². The monoisotopic (exact) mass is 528 g/mol. The molecule has 0 aromatic heterocycles. The van der Waals surface area contributed by atoms with Crippen LogP contribution in [0, 0.1) is 5.82 Å². The highest BCUT2D eigenvalue weighted by Gasteiger charge is 2.33. The molecular weight excluding hydrogens is 515 g/mol. The molecular formula is C23H14BrFN2O3S2. The molecule has 0 bridgehead atoms. The number of thioether (sulfide) groups is 1. The number of rotatable bonds is 4. The number of benzene rings is 3. The molecule has 0 unspecified atom stereocenters. The van der Waals surface area contributed by atoms with E-state index in [-0.39, 0.29) is 11.7 Å². The molecule has 0 spiro atoms. The standard InChI is InChI=1S/C23H14BrFN2O3S2/c24-15-4-9-19(28)14(10-15)12-20-22(30)27(23(31)32-20)18-3-1-2-13(11-18)21(29)26-17-7-5-16(25)6-8-17/h1-12,28H,(H,26,29)/b20-12+. The quantitative estimate of drug-likeness (QED) is 0.323. The van der Waals surface area contributed by atoms with Gasteiger partial charge in [-0.1, -0.05) is 46.0 Å². The molecule has 1 aliphatic rings. The minimum absolute atomic E-state index is 0.0398. The molecule has 3 aromatic carbocycles. The van der Waals surface area contributed by atoms with Gasteiger partial charge in [-0.05, 0) is 66.7 Å². The van der Waals surface area contributed by atoms with Gasteiger partial charge in [0.15, 0.2) is 4.32 Å². The van der Waals surface area contributed by atoms with Gasteiger partial charge in [-0.3, -0.25) is 14.5 Å². The van der Waals surface area contributed by atoms with Gasteiger partial charge in [-0.2, -0.15) is 0 Å². The van der Waals surface area contributed by atoms with Crippen LogP contribution >= 0.6 is 39.9 Å². The van der Waals surface area contributed by atoms with E-state index in [1.54, 1.807) is 42.5 Å². The van der Waals surface area contributed by atoms with Gasteiger partial charge in [-0.25, -0.2) is 4.39 Å². The number of nitrogens with zero attached hydrogens (tertiary/aromatic N) is 1. The van der Waals surface area contributed by atoms with Crippen molar-refractivity contribution in [1.82, 2.24) is 0 Å². The maximum Gasteiger partial charge on any atom is 0.270 e. The third-order valence-corrected chi connectivity index (χ3v) is 6.33. The van der Waals surface area contributed by atoms with E-state index in [0.29, 0.717) is 31.7 Å². The molecule has 1 aliphatic heterocycles. The van der Waals surface area contributed by atoms with Crippen LogP contribution in [0.3, 0.4) is 0 Å². The van der Waals surface area contributed by atoms with Gasteiger partial charge in [0, 0.05) is 21.3 Å². The fraction of sp³-hybridized carbons (Fsp3) is 0. The lowest BCUT2D eigenvalue weighted by molar-refractivity contribution is -0.113. The zero-order valence-electron chi connectivity index (χ0n) is 16.2. The molecule has 4 rings (SSSR count). The van der Waals surface area contributed by atoms with Crippen LogP contribution in [0.5, 0.6) is 5.75 Å². The Labute approximate surface area is 201 Å². The fourth-order valence-electron chi connectivity index (χ4n) is 3.00. The third-order valence-electron chi connectivity index (χ3n) is 4.54. The summed E-state index contributed by atoms with van der Waals surface area (Å²) in [6.07, 6.45) is 1.57. The van der Waals surface area contributed by atoms with Crippen molar-refractivity contribution in [2.45, 2.75) is 0 Å². The molecule has 0 aliphatic carbocycles. The molecule has 1 saturated heterocycles. The summed E-state index contributed by atoms with van der Waals surface area (Å²) in [6, 6.07) is 16.8. The second-order valence-electron chi connectivity index (χ2n) is 6.73. The van der Waals surface area contributed by atoms with Crippen molar-refractivity contribution in [3.05, 3.63) is 93.1 Å². The number of phenols is 1. The van der Waals surface area contributed by atoms with Crippen molar-refractivity contribution in [2.24, 2.45) is 0 Å². The first-order valence-electron chi connectivity index (χ1n) is 9.25. The molecule has 2 amide bonds. The Morgan fingerprint density at radius 1 is 1.12 bits per heavy atom. The van der Waals surface area contributed by atoms with Gasteiger partial charge >= 0.3 is 0 Å². The number of amides is 2. The van der Waals surface area contributed by atoms with E-state index in [4.69, 9.17) is 12.2 Å². The SMILES string of the molecule is O=C(Nc1ccc(F)cc1)c1cccc(N2C(=O)/C(=C\c3cc(Br)ccc3O)SC2=S)c1. The number of thiocarbonyl (C=S) groups is 1. The zero-order chi connectivity index (χ0) is 22.8. The number of carbonyl (C=O) groups excluding carboxylic acids is 2. The number of phenolic OH excluding ortho intramolecular Hbond substituents is 1.